The van der Waals surface area contributed by atoms with Gasteiger partial charge < -0.3 is 14.4 Å². The molecule has 0 spiro atoms. The molecule has 0 bridgehead atoms. The molecule has 0 aromatic carbocycles. The van der Waals surface area contributed by atoms with E-state index >= 15 is 0 Å². The summed E-state index contributed by atoms with van der Waals surface area (Å²) in [5.41, 5.74) is -0.139. The molecule has 0 amide bonds. The van der Waals surface area contributed by atoms with E-state index in [-0.39, 0.29) is 5.60 Å². The first-order valence-electron chi connectivity index (χ1n) is 5.23. The Kier molecular flexibility index (Phi) is 4.13. The summed E-state index contributed by atoms with van der Waals surface area (Å²) < 4.78 is 11.0. The standard InChI is InChI=1S/C10H19NO2S/c1-4-10(7-12-8-10)13-9(14)11(5-2)6-3/h4-8H2,1-3H3. The number of hydrogen-bond donors (Lipinski definition) is 0. The zero-order valence-electron chi connectivity index (χ0n) is 9.21. The molecule has 1 aliphatic heterocycles. The van der Waals surface area contributed by atoms with E-state index in [2.05, 4.69) is 20.8 Å². The molecule has 1 heterocycles. The Hall–Kier alpha value is -0.350. The lowest BCUT2D eigenvalue weighted by atomic mass is 9.99. The average Bonchev–Trinajstić information content (AvgIpc) is 2.13. The molecule has 3 nitrogen and oxygen atoms in total. The van der Waals surface area contributed by atoms with E-state index in [1.807, 2.05) is 4.90 Å². The van der Waals surface area contributed by atoms with E-state index < -0.39 is 0 Å². The Labute approximate surface area is 91.4 Å². The maximum atomic E-state index is 5.80. The fourth-order valence-electron chi connectivity index (χ4n) is 1.40. The quantitative estimate of drug-likeness (QED) is 0.669. The highest BCUT2D eigenvalue weighted by atomic mass is 32.1. The van der Waals surface area contributed by atoms with Crippen LogP contribution in [0.15, 0.2) is 0 Å². The van der Waals surface area contributed by atoms with E-state index in [0.29, 0.717) is 18.4 Å². The van der Waals surface area contributed by atoms with Gasteiger partial charge in [-0.1, -0.05) is 6.92 Å². The van der Waals surface area contributed by atoms with Crippen molar-refractivity contribution in [3.63, 3.8) is 0 Å². The zero-order valence-corrected chi connectivity index (χ0v) is 10.0. The van der Waals surface area contributed by atoms with Crippen molar-refractivity contribution in [1.82, 2.24) is 4.90 Å². The van der Waals surface area contributed by atoms with Crippen molar-refractivity contribution >= 4 is 17.4 Å². The third-order valence-corrected chi connectivity index (χ3v) is 3.04. The molecule has 1 fully saturated rings. The van der Waals surface area contributed by atoms with Crippen LogP contribution < -0.4 is 0 Å². The molecular weight excluding hydrogens is 198 g/mol. The molecule has 0 radical (unpaired) electrons. The summed E-state index contributed by atoms with van der Waals surface area (Å²) in [6, 6.07) is 0. The minimum Gasteiger partial charge on any atom is -0.459 e. The number of hydrogen-bond acceptors (Lipinski definition) is 3. The molecule has 0 atom stereocenters. The van der Waals surface area contributed by atoms with Crippen molar-refractivity contribution in [3.05, 3.63) is 0 Å². The fourth-order valence-corrected chi connectivity index (χ4v) is 1.83. The summed E-state index contributed by atoms with van der Waals surface area (Å²) in [5, 5.41) is 0.611. The molecule has 0 saturated carbocycles. The predicted molar refractivity (Wildman–Crippen MR) is 60.4 cm³/mol. The van der Waals surface area contributed by atoms with Crippen molar-refractivity contribution in [2.24, 2.45) is 0 Å². The van der Waals surface area contributed by atoms with Crippen LogP contribution in [0.1, 0.15) is 27.2 Å². The lowest BCUT2D eigenvalue weighted by Gasteiger charge is -2.42. The second kappa shape index (κ2) is 4.94. The molecule has 1 aliphatic rings. The van der Waals surface area contributed by atoms with E-state index in [4.69, 9.17) is 21.7 Å². The monoisotopic (exact) mass is 217 g/mol. The lowest BCUT2D eigenvalue weighted by Crippen LogP contribution is -2.54. The van der Waals surface area contributed by atoms with Crippen LogP contribution in [-0.4, -0.2) is 42.0 Å². The van der Waals surface area contributed by atoms with Gasteiger partial charge in [-0.2, -0.15) is 0 Å². The largest absolute Gasteiger partial charge is 0.459 e. The lowest BCUT2D eigenvalue weighted by molar-refractivity contribution is -0.172. The van der Waals surface area contributed by atoms with Crippen LogP contribution in [0.5, 0.6) is 0 Å². The van der Waals surface area contributed by atoms with Crippen LogP contribution in [0.25, 0.3) is 0 Å². The predicted octanol–water partition coefficient (Wildman–Crippen LogP) is 1.81. The maximum absolute atomic E-state index is 5.80. The molecule has 14 heavy (non-hydrogen) atoms. The van der Waals surface area contributed by atoms with E-state index in [1.165, 1.54) is 0 Å². The van der Waals surface area contributed by atoms with Gasteiger partial charge >= 0.3 is 0 Å². The normalized spacial score (nSPS) is 18.5. The molecule has 0 aromatic rings. The fraction of sp³-hybridized carbons (Fsp3) is 0.900. The van der Waals surface area contributed by atoms with Gasteiger partial charge in [-0.25, -0.2) is 0 Å². The molecule has 82 valence electrons. The maximum Gasteiger partial charge on any atom is 0.260 e. The second-order valence-electron chi connectivity index (χ2n) is 3.57. The Morgan fingerprint density at radius 1 is 1.36 bits per heavy atom. The summed E-state index contributed by atoms with van der Waals surface area (Å²) >= 11 is 5.24. The third kappa shape index (κ3) is 2.36. The Bertz CT molecular complexity index is 195. The highest BCUT2D eigenvalue weighted by molar-refractivity contribution is 7.80. The molecule has 0 N–H and O–H groups in total. The number of nitrogens with zero attached hydrogens (tertiary/aromatic N) is 1. The summed E-state index contributed by atoms with van der Waals surface area (Å²) in [4.78, 5) is 2.05. The van der Waals surface area contributed by atoms with E-state index in [1.54, 1.807) is 0 Å². The summed E-state index contributed by atoms with van der Waals surface area (Å²) in [6.45, 7) is 9.40. The summed E-state index contributed by atoms with van der Waals surface area (Å²) in [5.74, 6) is 0. The Morgan fingerprint density at radius 3 is 2.21 bits per heavy atom. The highest BCUT2D eigenvalue weighted by Crippen LogP contribution is 2.26. The number of ether oxygens (including phenoxy) is 2. The highest BCUT2D eigenvalue weighted by Gasteiger charge is 2.40. The van der Waals surface area contributed by atoms with Gasteiger partial charge in [0.25, 0.3) is 5.17 Å². The topological polar surface area (TPSA) is 21.7 Å². The molecule has 0 unspecified atom stereocenters. The van der Waals surface area contributed by atoms with Crippen LogP contribution in [0.3, 0.4) is 0 Å². The Morgan fingerprint density at radius 2 is 1.93 bits per heavy atom. The van der Waals surface area contributed by atoms with Gasteiger partial charge in [0.2, 0.25) is 0 Å². The molecule has 4 heteroatoms. The smallest absolute Gasteiger partial charge is 0.260 e. The zero-order chi connectivity index (χ0) is 10.6. The molecule has 1 saturated heterocycles. The van der Waals surface area contributed by atoms with Gasteiger partial charge in [0, 0.05) is 13.1 Å². The minimum atomic E-state index is -0.139. The minimum absolute atomic E-state index is 0.139. The van der Waals surface area contributed by atoms with Crippen LogP contribution in [0.2, 0.25) is 0 Å². The molecule has 1 rings (SSSR count). The van der Waals surface area contributed by atoms with Crippen molar-refractivity contribution < 1.29 is 9.47 Å². The number of rotatable bonds is 4. The van der Waals surface area contributed by atoms with Crippen LogP contribution in [0, 0.1) is 0 Å². The van der Waals surface area contributed by atoms with Gasteiger partial charge in [-0.05, 0) is 32.5 Å². The van der Waals surface area contributed by atoms with Gasteiger partial charge in [-0.15, -0.1) is 0 Å². The molecular formula is C10H19NO2S. The van der Waals surface area contributed by atoms with Crippen molar-refractivity contribution in [2.75, 3.05) is 26.3 Å². The Balaban J connectivity index is 2.46. The first kappa shape index (κ1) is 11.7. The van der Waals surface area contributed by atoms with Crippen LogP contribution >= 0.6 is 12.2 Å². The molecule has 0 aromatic heterocycles. The van der Waals surface area contributed by atoms with E-state index in [0.717, 1.165) is 19.5 Å². The first-order chi connectivity index (χ1) is 6.67. The third-order valence-electron chi connectivity index (χ3n) is 2.70. The molecule has 0 aliphatic carbocycles. The van der Waals surface area contributed by atoms with Crippen LogP contribution in [-0.2, 0) is 9.47 Å². The number of thiocarbonyl (C=S) groups is 1. The van der Waals surface area contributed by atoms with Crippen LogP contribution in [0.4, 0.5) is 0 Å². The van der Waals surface area contributed by atoms with Crippen molar-refractivity contribution in [1.29, 1.82) is 0 Å². The van der Waals surface area contributed by atoms with Gasteiger partial charge in [0.05, 0.1) is 13.2 Å². The van der Waals surface area contributed by atoms with Gasteiger partial charge in [0.15, 0.2) is 5.60 Å². The summed E-state index contributed by atoms with van der Waals surface area (Å²) in [6.07, 6.45) is 0.953. The van der Waals surface area contributed by atoms with Gasteiger partial charge in [-0.3, -0.25) is 0 Å². The summed E-state index contributed by atoms with van der Waals surface area (Å²) in [7, 11) is 0. The second-order valence-corrected chi connectivity index (χ2v) is 3.92. The SMILES string of the molecule is CCN(CC)C(=S)OC1(CC)COC1. The first-order valence-corrected chi connectivity index (χ1v) is 5.64. The van der Waals surface area contributed by atoms with Gasteiger partial charge in [0.1, 0.15) is 0 Å². The van der Waals surface area contributed by atoms with E-state index in [9.17, 15) is 0 Å². The van der Waals surface area contributed by atoms with Crippen molar-refractivity contribution in [3.8, 4) is 0 Å². The average molecular weight is 217 g/mol. The van der Waals surface area contributed by atoms with Crippen molar-refractivity contribution in [2.45, 2.75) is 32.8 Å².